The van der Waals surface area contributed by atoms with E-state index in [1.807, 2.05) is 24.3 Å². The molecule has 0 unspecified atom stereocenters. The summed E-state index contributed by atoms with van der Waals surface area (Å²) in [6.07, 6.45) is 3.57. The van der Waals surface area contributed by atoms with Crippen molar-refractivity contribution in [2.45, 2.75) is 45.3 Å². The summed E-state index contributed by atoms with van der Waals surface area (Å²) in [5, 5.41) is 19.1. The lowest BCUT2D eigenvalue weighted by atomic mass is 10.0. The van der Waals surface area contributed by atoms with Crippen molar-refractivity contribution in [2.75, 3.05) is 0 Å². The van der Waals surface area contributed by atoms with E-state index in [-0.39, 0.29) is 5.56 Å². The first kappa shape index (κ1) is 18.0. The van der Waals surface area contributed by atoms with E-state index in [1.165, 1.54) is 0 Å². The number of ether oxygens (including phenoxy) is 1. The van der Waals surface area contributed by atoms with Gasteiger partial charge in [-0.05, 0) is 41.8 Å². The van der Waals surface area contributed by atoms with Gasteiger partial charge in [-0.1, -0.05) is 50.5 Å². The largest absolute Gasteiger partial charge is 0.489 e. The van der Waals surface area contributed by atoms with Crippen LogP contribution in [0.25, 0.3) is 0 Å². The second-order valence-corrected chi connectivity index (χ2v) is 5.87. The minimum absolute atomic E-state index is 0.260. The van der Waals surface area contributed by atoms with Gasteiger partial charge in [0.25, 0.3) is 0 Å². The molecule has 0 radical (unpaired) electrons. The average Bonchev–Trinajstić information content (AvgIpc) is 2.60. The summed E-state index contributed by atoms with van der Waals surface area (Å²) in [6.45, 7) is 2.50. The third kappa shape index (κ3) is 5.39. The molecule has 0 fully saturated rings. The highest BCUT2D eigenvalue weighted by Gasteiger charge is 2.08. The number of aliphatic hydroxyl groups is 1. The van der Waals surface area contributed by atoms with Crippen molar-refractivity contribution in [1.82, 2.24) is 0 Å². The molecule has 0 saturated carbocycles. The summed E-state index contributed by atoms with van der Waals surface area (Å²) in [5.41, 5.74) is 2.02. The molecule has 0 heterocycles. The van der Waals surface area contributed by atoms with E-state index in [4.69, 9.17) is 9.84 Å². The van der Waals surface area contributed by atoms with Gasteiger partial charge in [-0.3, -0.25) is 0 Å². The van der Waals surface area contributed by atoms with Crippen LogP contribution in [0.5, 0.6) is 5.75 Å². The summed E-state index contributed by atoms with van der Waals surface area (Å²) in [4.78, 5) is 10.8. The van der Waals surface area contributed by atoms with Crippen LogP contribution in [0.4, 0.5) is 0 Å². The number of aliphatic hydroxyl groups excluding tert-OH is 1. The average molecular weight is 328 g/mol. The van der Waals surface area contributed by atoms with Crippen molar-refractivity contribution in [1.29, 1.82) is 0 Å². The maximum absolute atomic E-state index is 10.8. The lowest BCUT2D eigenvalue weighted by molar-refractivity contribution is 0.0697. The van der Waals surface area contributed by atoms with Gasteiger partial charge in [-0.25, -0.2) is 4.79 Å². The number of aromatic carboxylic acids is 1. The standard InChI is InChI=1S/C20H24O4/c1-2-3-4-8-19(21)17-6-5-7-18(13-17)24-14-15-9-11-16(12-10-15)20(22)23/h5-7,9-13,19,21H,2-4,8,14H2,1H3,(H,22,23)/t19-/m0/s1. The van der Waals surface area contributed by atoms with E-state index in [9.17, 15) is 9.90 Å². The van der Waals surface area contributed by atoms with Gasteiger partial charge in [0.1, 0.15) is 12.4 Å². The zero-order valence-electron chi connectivity index (χ0n) is 13.9. The van der Waals surface area contributed by atoms with Gasteiger partial charge in [0, 0.05) is 0 Å². The Labute approximate surface area is 142 Å². The second kappa shape index (κ2) is 9.08. The number of hydrogen-bond donors (Lipinski definition) is 2. The van der Waals surface area contributed by atoms with Gasteiger partial charge < -0.3 is 14.9 Å². The highest BCUT2D eigenvalue weighted by atomic mass is 16.5. The molecule has 2 rings (SSSR count). The predicted octanol–water partition coefficient (Wildman–Crippen LogP) is 4.58. The first-order valence-corrected chi connectivity index (χ1v) is 8.33. The molecule has 0 amide bonds. The van der Waals surface area contributed by atoms with Crippen LogP contribution >= 0.6 is 0 Å². The van der Waals surface area contributed by atoms with Crippen LogP contribution in [0.15, 0.2) is 48.5 Å². The number of hydrogen-bond acceptors (Lipinski definition) is 3. The van der Waals surface area contributed by atoms with Crippen LogP contribution in [-0.4, -0.2) is 16.2 Å². The molecule has 4 heteroatoms. The fourth-order valence-electron chi connectivity index (χ4n) is 2.48. The van der Waals surface area contributed by atoms with Crippen molar-refractivity contribution in [3.05, 3.63) is 65.2 Å². The van der Waals surface area contributed by atoms with E-state index in [0.717, 1.165) is 36.8 Å². The molecule has 0 spiro atoms. The van der Waals surface area contributed by atoms with Crippen LogP contribution in [0.1, 0.15) is 60.2 Å². The van der Waals surface area contributed by atoms with Crippen LogP contribution in [0.3, 0.4) is 0 Å². The maximum atomic E-state index is 10.8. The summed E-state index contributed by atoms with van der Waals surface area (Å²) in [6, 6.07) is 14.1. The van der Waals surface area contributed by atoms with E-state index in [0.29, 0.717) is 12.4 Å². The van der Waals surface area contributed by atoms with E-state index >= 15 is 0 Å². The topological polar surface area (TPSA) is 66.8 Å². The van der Waals surface area contributed by atoms with Gasteiger partial charge in [0.05, 0.1) is 11.7 Å². The van der Waals surface area contributed by atoms with E-state index in [1.54, 1.807) is 24.3 Å². The number of carboxylic acid groups (broad SMARTS) is 1. The molecule has 2 aromatic carbocycles. The normalized spacial score (nSPS) is 11.9. The SMILES string of the molecule is CCCCC[C@H](O)c1cccc(OCc2ccc(C(=O)O)cc2)c1. The molecule has 0 aliphatic carbocycles. The molecule has 0 bridgehead atoms. The van der Waals surface area contributed by atoms with Crippen molar-refractivity contribution < 1.29 is 19.7 Å². The molecular formula is C20H24O4. The zero-order chi connectivity index (χ0) is 17.4. The minimum Gasteiger partial charge on any atom is -0.489 e. The van der Waals surface area contributed by atoms with Gasteiger partial charge >= 0.3 is 5.97 Å². The molecule has 0 aliphatic rings. The highest BCUT2D eigenvalue weighted by Crippen LogP contribution is 2.24. The summed E-state index contributed by atoms with van der Waals surface area (Å²) in [7, 11) is 0. The van der Waals surface area contributed by atoms with E-state index in [2.05, 4.69) is 6.92 Å². The molecule has 2 aromatic rings. The van der Waals surface area contributed by atoms with Crippen LogP contribution in [0.2, 0.25) is 0 Å². The lowest BCUT2D eigenvalue weighted by Crippen LogP contribution is -2.01. The van der Waals surface area contributed by atoms with Gasteiger partial charge in [-0.2, -0.15) is 0 Å². The number of benzene rings is 2. The number of carbonyl (C=O) groups is 1. The van der Waals surface area contributed by atoms with Crippen molar-refractivity contribution in [3.63, 3.8) is 0 Å². The Morgan fingerprint density at radius 3 is 2.54 bits per heavy atom. The Hall–Kier alpha value is -2.33. The Balaban J connectivity index is 1.92. The van der Waals surface area contributed by atoms with Gasteiger partial charge in [-0.15, -0.1) is 0 Å². The molecule has 1 atom stereocenters. The zero-order valence-corrected chi connectivity index (χ0v) is 13.9. The Kier molecular flexibility index (Phi) is 6.82. The minimum atomic E-state index is -0.938. The first-order valence-electron chi connectivity index (χ1n) is 8.33. The number of rotatable bonds is 9. The van der Waals surface area contributed by atoms with Gasteiger partial charge in [0.2, 0.25) is 0 Å². The van der Waals surface area contributed by atoms with Crippen LogP contribution in [-0.2, 0) is 6.61 Å². The Morgan fingerprint density at radius 2 is 1.88 bits per heavy atom. The molecule has 2 N–H and O–H groups in total. The Morgan fingerprint density at radius 1 is 1.12 bits per heavy atom. The van der Waals surface area contributed by atoms with E-state index < -0.39 is 12.1 Å². The molecule has 128 valence electrons. The van der Waals surface area contributed by atoms with Gasteiger partial charge in [0.15, 0.2) is 0 Å². The smallest absolute Gasteiger partial charge is 0.335 e. The molecule has 4 nitrogen and oxygen atoms in total. The molecule has 0 saturated heterocycles. The Bertz CT molecular complexity index is 649. The fraction of sp³-hybridized carbons (Fsp3) is 0.350. The van der Waals surface area contributed by atoms with Crippen molar-refractivity contribution >= 4 is 5.97 Å². The quantitative estimate of drug-likeness (QED) is 0.661. The van der Waals surface area contributed by atoms with Crippen molar-refractivity contribution in [2.24, 2.45) is 0 Å². The molecule has 0 aliphatic heterocycles. The maximum Gasteiger partial charge on any atom is 0.335 e. The number of unbranched alkanes of at least 4 members (excludes halogenated alkanes) is 2. The van der Waals surface area contributed by atoms with Crippen LogP contribution in [0, 0.1) is 0 Å². The summed E-state index contributed by atoms with van der Waals surface area (Å²) < 4.78 is 5.75. The third-order valence-electron chi connectivity index (χ3n) is 3.93. The van der Waals surface area contributed by atoms with Crippen LogP contribution < -0.4 is 4.74 Å². The monoisotopic (exact) mass is 328 g/mol. The molecular weight excluding hydrogens is 304 g/mol. The molecule has 0 aromatic heterocycles. The first-order chi connectivity index (χ1) is 11.6. The lowest BCUT2D eigenvalue weighted by Gasteiger charge is -2.13. The summed E-state index contributed by atoms with van der Waals surface area (Å²) in [5.74, 6) is -0.239. The fourth-order valence-corrected chi connectivity index (χ4v) is 2.48. The third-order valence-corrected chi connectivity index (χ3v) is 3.93. The second-order valence-electron chi connectivity index (χ2n) is 5.87. The summed E-state index contributed by atoms with van der Waals surface area (Å²) >= 11 is 0. The molecule has 24 heavy (non-hydrogen) atoms. The number of carboxylic acids is 1. The van der Waals surface area contributed by atoms with Crippen molar-refractivity contribution in [3.8, 4) is 5.75 Å². The highest BCUT2D eigenvalue weighted by molar-refractivity contribution is 5.87. The predicted molar refractivity (Wildman–Crippen MR) is 93.3 cm³/mol.